The molecule has 0 spiro atoms. The summed E-state index contributed by atoms with van der Waals surface area (Å²) in [6.07, 6.45) is 3.20. The highest BCUT2D eigenvalue weighted by Gasteiger charge is 2.10. The van der Waals surface area contributed by atoms with Gasteiger partial charge in [0.1, 0.15) is 5.56 Å². The molecule has 2 rings (SSSR count). The van der Waals surface area contributed by atoms with Crippen LogP contribution in [-0.2, 0) is 6.54 Å². The number of nitrogens with one attached hydrogen (secondary N) is 1. The Labute approximate surface area is 122 Å². The molecule has 0 aliphatic heterocycles. The van der Waals surface area contributed by atoms with Crippen LogP contribution in [0.2, 0.25) is 0 Å². The molecule has 0 aliphatic rings. The number of nitrogens with zero attached hydrogens (tertiary/aromatic N) is 2. The van der Waals surface area contributed by atoms with Crippen LogP contribution >= 0.6 is 0 Å². The van der Waals surface area contributed by atoms with E-state index >= 15 is 0 Å². The van der Waals surface area contributed by atoms with Crippen LogP contribution in [0.1, 0.15) is 28.4 Å². The van der Waals surface area contributed by atoms with Crippen molar-refractivity contribution in [1.29, 1.82) is 0 Å². The van der Waals surface area contributed by atoms with Crippen LogP contribution in [0, 0.1) is 6.92 Å². The quantitative estimate of drug-likeness (QED) is 0.688. The first-order valence-corrected chi connectivity index (χ1v) is 6.71. The average Bonchev–Trinajstić information content (AvgIpc) is 2.47. The van der Waals surface area contributed by atoms with Gasteiger partial charge < -0.3 is 4.57 Å². The predicted octanol–water partition coefficient (Wildman–Crippen LogP) is 1.94. The Morgan fingerprint density at radius 2 is 2.14 bits per heavy atom. The normalized spacial score (nSPS) is 10.8. The zero-order valence-electron chi connectivity index (χ0n) is 12.0. The standard InChI is InChI=1S/C16H17N3O2/c1-3-19-9-5-8-14(16(19)21)15(20)18-17-11-13-7-4-6-12(2)10-13/h4-11H,3H2,1-2H3,(H,18,20)/b17-11-. The molecule has 0 saturated carbocycles. The maximum Gasteiger partial charge on any atom is 0.276 e. The van der Waals surface area contributed by atoms with Gasteiger partial charge in [-0.1, -0.05) is 29.8 Å². The molecule has 0 bridgehead atoms. The number of aryl methyl sites for hydroxylation is 2. The van der Waals surface area contributed by atoms with E-state index in [9.17, 15) is 9.59 Å². The van der Waals surface area contributed by atoms with Gasteiger partial charge in [0.2, 0.25) is 0 Å². The van der Waals surface area contributed by atoms with Crippen LogP contribution in [-0.4, -0.2) is 16.7 Å². The van der Waals surface area contributed by atoms with E-state index in [2.05, 4.69) is 10.5 Å². The third kappa shape index (κ3) is 3.66. The summed E-state index contributed by atoms with van der Waals surface area (Å²) in [5.74, 6) is -0.508. The number of rotatable bonds is 4. The van der Waals surface area contributed by atoms with E-state index in [0.29, 0.717) is 6.54 Å². The van der Waals surface area contributed by atoms with E-state index in [4.69, 9.17) is 0 Å². The lowest BCUT2D eigenvalue weighted by atomic mass is 10.2. The highest BCUT2D eigenvalue weighted by Crippen LogP contribution is 2.00. The molecule has 0 unspecified atom stereocenters. The second kappa shape index (κ2) is 6.65. The van der Waals surface area contributed by atoms with Crippen LogP contribution in [0.15, 0.2) is 52.5 Å². The maximum atomic E-state index is 12.0. The largest absolute Gasteiger partial charge is 0.315 e. The number of hydrogen-bond donors (Lipinski definition) is 1. The van der Waals surface area contributed by atoms with Gasteiger partial charge in [-0.15, -0.1) is 0 Å². The second-order valence-corrected chi connectivity index (χ2v) is 4.63. The molecule has 0 saturated heterocycles. The molecule has 1 aromatic heterocycles. The van der Waals surface area contributed by atoms with Gasteiger partial charge in [0.15, 0.2) is 0 Å². The molecule has 0 aliphatic carbocycles. The van der Waals surface area contributed by atoms with Crippen LogP contribution in [0.5, 0.6) is 0 Å². The van der Waals surface area contributed by atoms with Crippen molar-refractivity contribution >= 4 is 12.1 Å². The molecule has 21 heavy (non-hydrogen) atoms. The molecular weight excluding hydrogens is 266 g/mol. The molecule has 1 amide bonds. The molecule has 1 aromatic carbocycles. The van der Waals surface area contributed by atoms with Crippen molar-refractivity contribution in [3.05, 3.63) is 69.6 Å². The molecular formula is C16H17N3O2. The van der Waals surface area contributed by atoms with Crippen LogP contribution in [0.25, 0.3) is 0 Å². The van der Waals surface area contributed by atoms with Crippen LogP contribution in [0.3, 0.4) is 0 Å². The third-order valence-electron chi connectivity index (χ3n) is 3.03. The smallest absolute Gasteiger partial charge is 0.276 e. The van der Waals surface area contributed by atoms with Crippen molar-refractivity contribution in [3.63, 3.8) is 0 Å². The van der Waals surface area contributed by atoms with Crippen molar-refractivity contribution in [1.82, 2.24) is 9.99 Å². The monoisotopic (exact) mass is 283 g/mol. The minimum atomic E-state index is -0.508. The number of carbonyl (C=O) groups is 1. The van der Waals surface area contributed by atoms with Crippen molar-refractivity contribution in [2.45, 2.75) is 20.4 Å². The maximum absolute atomic E-state index is 12.0. The average molecular weight is 283 g/mol. The van der Waals surface area contributed by atoms with Crippen molar-refractivity contribution in [3.8, 4) is 0 Å². The topological polar surface area (TPSA) is 63.5 Å². The summed E-state index contributed by atoms with van der Waals surface area (Å²) in [6.45, 7) is 4.35. The summed E-state index contributed by atoms with van der Waals surface area (Å²) in [6, 6.07) is 10.9. The summed E-state index contributed by atoms with van der Waals surface area (Å²) < 4.78 is 1.47. The van der Waals surface area contributed by atoms with E-state index in [1.54, 1.807) is 18.5 Å². The van der Waals surface area contributed by atoms with Gasteiger partial charge in [-0.25, -0.2) is 5.43 Å². The van der Waals surface area contributed by atoms with E-state index in [-0.39, 0.29) is 11.1 Å². The Balaban J connectivity index is 2.11. The lowest BCUT2D eigenvalue weighted by Crippen LogP contribution is -2.30. The first kappa shape index (κ1) is 14.7. The molecule has 1 heterocycles. The summed E-state index contributed by atoms with van der Waals surface area (Å²) in [7, 11) is 0. The summed E-state index contributed by atoms with van der Waals surface area (Å²) in [4.78, 5) is 23.9. The number of benzene rings is 1. The predicted molar refractivity (Wildman–Crippen MR) is 82.6 cm³/mol. The summed E-state index contributed by atoms with van der Waals surface area (Å²) >= 11 is 0. The number of carbonyl (C=O) groups excluding carboxylic acids is 1. The molecule has 1 N–H and O–H groups in total. The zero-order valence-corrected chi connectivity index (χ0v) is 12.0. The molecule has 108 valence electrons. The molecule has 2 aromatic rings. The molecule has 5 heteroatoms. The van der Waals surface area contributed by atoms with E-state index in [1.165, 1.54) is 10.6 Å². The molecule has 0 radical (unpaired) electrons. The SMILES string of the molecule is CCn1cccc(C(=O)N/N=C\c2cccc(C)c2)c1=O. The number of amides is 1. The number of hydrogen-bond acceptors (Lipinski definition) is 3. The van der Waals surface area contributed by atoms with Gasteiger partial charge in [0.05, 0.1) is 6.21 Å². The fourth-order valence-electron chi connectivity index (χ4n) is 1.93. The first-order valence-electron chi connectivity index (χ1n) is 6.71. The van der Waals surface area contributed by atoms with Crippen molar-refractivity contribution < 1.29 is 4.79 Å². The highest BCUT2D eigenvalue weighted by molar-refractivity contribution is 5.94. The Bertz CT molecular complexity index is 732. The van der Waals surface area contributed by atoms with Gasteiger partial charge in [-0.05, 0) is 31.5 Å². The Hall–Kier alpha value is -2.69. The summed E-state index contributed by atoms with van der Waals surface area (Å²) in [5.41, 5.74) is 4.14. The van der Waals surface area contributed by atoms with Gasteiger partial charge in [0, 0.05) is 12.7 Å². The second-order valence-electron chi connectivity index (χ2n) is 4.63. The number of hydrazone groups is 1. The van der Waals surface area contributed by atoms with Gasteiger partial charge >= 0.3 is 0 Å². The number of aromatic nitrogens is 1. The Morgan fingerprint density at radius 3 is 2.86 bits per heavy atom. The van der Waals surface area contributed by atoms with E-state index in [0.717, 1.165) is 11.1 Å². The fraction of sp³-hybridized carbons (Fsp3) is 0.188. The van der Waals surface area contributed by atoms with E-state index in [1.807, 2.05) is 38.1 Å². The number of pyridine rings is 1. The Kier molecular flexibility index (Phi) is 4.66. The third-order valence-corrected chi connectivity index (χ3v) is 3.03. The summed E-state index contributed by atoms with van der Waals surface area (Å²) in [5, 5.41) is 3.88. The first-order chi connectivity index (χ1) is 10.1. The van der Waals surface area contributed by atoms with E-state index < -0.39 is 5.91 Å². The minimum Gasteiger partial charge on any atom is -0.315 e. The van der Waals surface area contributed by atoms with Crippen molar-refractivity contribution in [2.75, 3.05) is 0 Å². The Morgan fingerprint density at radius 1 is 1.33 bits per heavy atom. The van der Waals surface area contributed by atoms with Gasteiger partial charge in [-0.2, -0.15) is 5.10 Å². The fourth-order valence-corrected chi connectivity index (χ4v) is 1.93. The molecule has 0 atom stereocenters. The minimum absolute atomic E-state index is 0.0840. The zero-order chi connectivity index (χ0) is 15.2. The molecule has 5 nitrogen and oxygen atoms in total. The van der Waals surface area contributed by atoms with Gasteiger partial charge in [-0.3, -0.25) is 9.59 Å². The lowest BCUT2D eigenvalue weighted by molar-refractivity contribution is 0.0953. The lowest BCUT2D eigenvalue weighted by Gasteiger charge is -2.04. The molecule has 0 fully saturated rings. The highest BCUT2D eigenvalue weighted by atomic mass is 16.2. The van der Waals surface area contributed by atoms with Crippen molar-refractivity contribution in [2.24, 2.45) is 5.10 Å². The van der Waals surface area contributed by atoms with Gasteiger partial charge in [0.25, 0.3) is 11.5 Å². The van der Waals surface area contributed by atoms with Crippen LogP contribution in [0.4, 0.5) is 0 Å². The van der Waals surface area contributed by atoms with Crippen LogP contribution < -0.4 is 11.0 Å².